The monoisotopic (exact) mass is 184 g/mol. The van der Waals surface area contributed by atoms with Crippen LogP contribution >= 0.6 is 0 Å². The number of hydrogen-bond donors (Lipinski definition) is 0. The third-order valence-corrected chi connectivity index (χ3v) is 3.95. The second-order valence-corrected chi connectivity index (χ2v) is 5.13. The first kappa shape index (κ1) is 11.0. The van der Waals surface area contributed by atoms with E-state index in [1.54, 1.807) is 0 Å². The molecule has 1 nitrogen and oxygen atoms in total. The van der Waals surface area contributed by atoms with Gasteiger partial charge < -0.3 is 4.74 Å². The molecule has 1 aliphatic rings. The van der Waals surface area contributed by atoms with Gasteiger partial charge in [0.15, 0.2) is 0 Å². The molecule has 0 radical (unpaired) electrons. The maximum absolute atomic E-state index is 6.04. The Labute approximate surface area is 82.9 Å². The van der Waals surface area contributed by atoms with Gasteiger partial charge in [0.2, 0.25) is 0 Å². The summed E-state index contributed by atoms with van der Waals surface area (Å²) >= 11 is 0. The molecule has 1 rings (SSSR count). The van der Waals surface area contributed by atoms with Crippen LogP contribution in [0.4, 0.5) is 0 Å². The van der Waals surface area contributed by atoms with Crippen molar-refractivity contribution in [1.29, 1.82) is 0 Å². The molecule has 13 heavy (non-hydrogen) atoms. The molecule has 1 aliphatic heterocycles. The second kappa shape index (κ2) is 4.00. The van der Waals surface area contributed by atoms with Crippen LogP contribution in [0.3, 0.4) is 0 Å². The molecule has 78 valence electrons. The van der Waals surface area contributed by atoms with E-state index < -0.39 is 0 Å². The summed E-state index contributed by atoms with van der Waals surface area (Å²) in [6, 6.07) is 0. The van der Waals surface area contributed by atoms with Gasteiger partial charge in [0.25, 0.3) is 0 Å². The zero-order valence-electron chi connectivity index (χ0n) is 9.87. The lowest BCUT2D eigenvalue weighted by Crippen LogP contribution is -2.45. The average molecular weight is 184 g/mol. The van der Waals surface area contributed by atoms with Gasteiger partial charge in [-0.25, -0.2) is 0 Å². The predicted molar refractivity (Wildman–Crippen MR) is 56.7 cm³/mol. The fourth-order valence-corrected chi connectivity index (χ4v) is 2.47. The van der Waals surface area contributed by atoms with Crippen molar-refractivity contribution in [2.45, 2.75) is 53.8 Å². The van der Waals surface area contributed by atoms with Crippen LogP contribution in [0.2, 0.25) is 0 Å². The van der Waals surface area contributed by atoms with Crippen molar-refractivity contribution < 1.29 is 4.74 Å². The van der Waals surface area contributed by atoms with Gasteiger partial charge in [0, 0.05) is 0 Å². The normalized spacial score (nSPS) is 46.8. The maximum atomic E-state index is 6.04. The number of rotatable bonds is 1. The third-order valence-electron chi connectivity index (χ3n) is 3.95. The molecule has 0 spiro atoms. The van der Waals surface area contributed by atoms with Crippen LogP contribution in [-0.2, 0) is 4.74 Å². The van der Waals surface area contributed by atoms with E-state index in [0.717, 1.165) is 5.92 Å². The molecule has 0 aromatic rings. The second-order valence-electron chi connectivity index (χ2n) is 5.13. The quantitative estimate of drug-likeness (QED) is 0.607. The molecule has 0 saturated carbocycles. The van der Waals surface area contributed by atoms with E-state index in [0.29, 0.717) is 30.0 Å². The van der Waals surface area contributed by atoms with E-state index >= 15 is 0 Å². The summed E-state index contributed by atoms with van der Waals surface area (Å²) in [4.78, 5) is 0. The zero-order valence-corrected chi connectivity index (χ0v) is 9.87. The summed E-state index contributed by atoms with van der Waals surface area (Å²) in [6.45, 7) is 13.7. The molecule has 1 heteroatoms. The van der Waals surface area contributed by atoms with E-state index in [9.17, 15) is 0 Å². The van der Waals surface area contributed by atoms with E-state index in [1.165, 1.54) is 0 Å². The Balaban J connectivity index is 2.70. The van der Waals surface area contributed by atoms with E-state index in [4.69, 9.17) is 4.74 Å². The fourth-order valence-electron chi connectivity index (χ4n) is 2.47. The molecule has 1 heterocycles. The van der Waals surface area contributed by atoms with Crippen LogP contribution in [0.25, 0.3) is 0 Å². The maximum Gasteiger partial charge on any atom is 0.0629 e. The lowest BCUT2D eigenvalue weighted by Gasteiger charge is -2.44. The number of hydrogen-bond acceptors (Lipinski definition) is 1. The van der Waals surface area contributed by atoms with Crippen molar-refractivity contribution in [3.8, 4) is 0 Å². The SMILES string of the molecule is CC(C)[C@H]1O[C@H](C)[C@@H](C)[C@@H](C)[C@H]1C. The molecule has 0 unspecified atom stereocenters. The molecule has 0 aliphatic carbocycles. The van der Waals surface area contributed by atoms with Crippen molar-refractivity contribution in [2.24, 2.45) is 23.7 Å². The van der Waals surface area contributed by atoms with Gasteiger partial charge in [0.05, 0.1) is 12.2 Å². The van der Waals surface area contributed by atoms with Gasteiger partial charge in [-0.3, -0.25) is 0 Å². The summed E-state index contributed by atoms with van der Waals surface area (Å²) < 4.78 is 6.04. The van der Waals surface area contributed by atoms with Gasteiger partial charge in [-0.1, -0.05) is 34.6 Å². The highest BCUT2D eigenvalue weighted by molar-refractivity contribution is 4.85. The minimum atomic E-state index is 0.429. The Hall–Kier alpha value is -0.0400. The highest BCUT2D eigenvalue weighted by atomic mass is 16.5. The average Bonchev–Trinajstić information content (AvgIpc) is 2.07. The van der Waals surface area contributed by atoms with Crippen LogP contribution in [0.15, 0.2) is 0 Å². The minimum absolute atomic E-state index is 0.429. The molecule has 1 saturated heterocycles. The Morgan fingerprint density at radius 3 is 1.85 bits per heavy atom. The van der Waals surface area contributed by atoms with Crippen LogP contribution in [0, 0.1) is 23.7 Å². The van der Waals surface area contributed by atoms with Crippen molar-refractivity contribution >= 4 is 0 Å². The Morgan fingerprint density at radius 2 is 1.38 bits per heavy atom. The summed E-state index contributed by atoms with van der Waals surface area (Å²) in [7, 11) is 0. The van der Waals surface area contributed by atoms with Crippen LogP contribution < -0.4 is 0 Å². The van der Waals surface area contributed by atoms with Crippen molar-refractivity contribution in [3.63, 3.8) is 0 Å². The summed E-state index contributed by atoms with van der Waals surface area (Å²) in [5.41, 5.74) is 0. The first-order chi connectivity index (χ1) is 5.95. The molecule has 0 aromatic heterocycles. The van der Waals surface area contributed by atoms with Crippen molar-refractivity contribution in [2.75, 3.05) is 0 Å². The first-order valence-electron chi connectivity index (χ1n) is 5.60. The van der Waals surface area contributed by atoms with Crippen LogP contribution in [-0.4, -0.2) is 12.2 Å². The zero-order chi connectivity index (χ0) is 10.2. The molecule has 5 atom stereocenters. The summed E-state index contributed by atoms with van der Waals surface area (Å²) in [6.07, 6.45) is 0.889. The van der Waals surface area contributed by atoms with Gasteiger partial charge in [0.1, 0.15) is 0 Å². The Morgan fingerprint density at radius 1 is 0.846 bits per heavy atom. The predicted octanol–water partition coefficient (Wildman–Crippen LogP) is 3.34. The number of ether oxygens (including phenoxy) is 1. The standard InChI is InChI=1S/C12H24O/c1-7(2)12-10(5)8(3)9(4)11(6)13-12/h7-12H,1-6H3/t8-,9+,10-,11-,12-/m1/s1. The van der Waals surface area contributed by atoms with Gasteiger partial charge >= 0.3 is 0 Å². The van der Waals surface area contributed by atoms with Gasteiger partial charge in [-0.05, 0) is 30.6 Å². The van der Waals surface area contributed by atoms with Crippen molar-refractivity contribution in [1.82, 2.24) is 0 Å². The Bertz CT molecular complexity index is 165. The summed E-state index contributed by atoms with van der Waals surface area (Å²) in [5, 5.41) is 0. The molecular weight excluding hydrogens is 160 g/mol. The summed E-state index contributed by atoms with van der Waals surface area (Å²) in [5.74, 6) is 2.83. The largest absolute Gasteiger partial charge is 0.374 e. The highest BCUT2D eigenvalue weighted by Gasteiger charge is 2.37. The van der Waals surface area contributed by atoms with E-state index in [1.807, 2.05) is 0 Å². The smallest absolute Gasteiger partial charge is 0.0629 e. The lowest BCUT2D eigenvalue weighted by molar-refractivity contribution is -0.141. The molecular formula is C12H24O. The molecule has 0 aromatic carbocycles. The Kier molecular flexibility index (Phi) is 3.39. The topological polar surface area (TPSA) is 9.23 Å². The molecule has 0 bridgehead atoms. The van der Waals surface area contributed by atoms with E-state index in [2.05, 4.69) is 41.5 Å². The van der Waals surface area contributed by atoms with Gasteiger partial charge in [-0.15, -0.1) is 0 Å². The third kappa shape index (κ3) is 2.07. The minimum Gasteiger partial charge on any atom is -0.374 e. The molecule has 1 fully saturated rings. The fraction of sp³-hybridized carbons (Fsp3) is 1.00. The first-order valence-corrected chi connectivity index (χ1v) is 5.60. The molecule has 0 N–H and O–H groups in total. The van der Waals surface area contributed by atoms with Crippen molar-refractivity contribution in [3.05, 3.63) is 0 Å². The van der Waals surface area contributed by atoms with Crippen LogP contribution in [0.5, 0.6) is 0 Å². The van der Waals surface area contributed by atoms with Gasteiger partial charge in [-0.2, -0.15) is 0 Å². The lowest BCUT2D eigenvalue weighted by atomic mass is 9.74. The van der Waals surface area contributed by atoms with Crippen LogP contribution in [0.1, 0.15) is 41.5 Å². The highest BCUT2D eigenvalue weighted by Crippen LogP contribution is 2.37. The molecule has 0 amide bonds. The van der Waals surface area contributed by atoms with E-state index in [-0.39, 0.29) is 0 Å².